The lowest BCUT2D eigenvalue weighted by Crippen LogP contribution is -2.23. The van der Waals surface area contributed by atoms with Gasteiger partial charge in [0, 0.05) is 23.8 Å². The van der Waals surface area contributed by atoms with Crippen LogP contribution in [0.1, 0.15) is 87.0 Å². The third-order valence-electron chi connectivity index (χ3n) is 8.39. The van der Waals surface area contributed by atoms with Gasteiger partial charge in [-0.25, -0.2) is 15.0 Å². The van der Waals surface area contributed by atoms with Crippen molar-refractivity contribution in [1.29, 1.82) is 0 Å². The molecule has 4 rings (SSSR count). The molecule has 1 unspecified atom stereocenters. The predicted octanol–water partition coefficient (Wildman–Crippen LogP) is 9.66. The van der Waals surface area contributed by atoms with Crippen molar-refractivity contribution in [2.24, 2.45) is 0 Å². The van der Waals surface area contributed by atoms with Crippen LogP contribution in [0.3, 0.4) is 0 Å². The molecule has 1 aromatic heterocycles. The molecule has 7 nitrogen and oxygen atoms in total. The van der Waals surface area contributed by atoms with Crippen molar-refractivity contribution >= 4 is 0 Å². The summed E-state index contributed by atoms with van der Waals surface area (Å²) in [5.41, 5.74) is 6.72. The molecule has 0 aliphatic rings. The van der Waals surface area contributed by atoms with Crippen LogP contribution in [0, 0.1) is 27.7 Å². The Kier molecular flexibility index (Phi) is 14.6. The van der Waals surface area contributed by atoms with E-state index in [1.165, 1.54) is 44.6 Å². The van der Waals surface area contributed by atoms with Crippen LogP contribution in [0.4, 0.5) is 0 Å². The normalized spacial score (nSPS) is 12.1. The van der Waals surface area contributed by atoms with Crippen molar-refractivity contribution in [2.45, 2.75) is 98.5 Å². The van der Waals surface area contributed by atoms with Gasteiger partial charge in [-0.05, 0) is 76.6 Å². The lowest BCUT2D eigenvalue weighted by Gasteiger charge is -2.14. The highest BCUT2D eigenvalue weighted by molar-refractivity contribution is 5.72. The summed E-state index contributed by atoms with van der Waals surface area (Å²) in [6.07, 6.45) is 14.7. The lowest BCUT2D eigenvalue weighted by atomic mass is 10.0. The Morgan fingerprint density at radius 3 is 1.77 bits per heavy atom. The number of rotatable bonds is 19. The largest absolute Gasteiger partial charge is 0.507 e. The second-order valence-electron chi connectivity index (χ2n) is 12.8. The van der Waals surface area contributed by atoms with Gasteiger partial charge in [-0.1, -0.05) is 98.7 Å². The van der Waals surface area contributed by atoms with Gasteiger partial charge in [0.2, 0.25) is 0 Å². The molecule has 0 saturated carbocycles. The van der Waals surface area contributed by atoms with Crippen molar-refractivity contribution in [2.75, 3.05) is 19.8 Å². The Labute approximate surface area is 287 Å². The number of hydrogen-bond acceptors (Lipinski definition) is 7. The summed E-state index contributed by atoms with van der Waals surface area (Å²) in [7, 11) is 0. The minimum atomic E-state index is -0.779. The Hall–Kier alpha value is -4.07. The zero-order chi connectivity index (χ0) is 34.3. The van der Waals surface area contributed by atoms with Crippen molar-refractivity contribution in [3.8, 4) is 45.7 Å². The fraction of sp³-hybridized carbons (Fsp3) is 0.439. The number of benzene rings is 3. The summed E-state index contributed by atoms with van der Waals surface area (Å²) in [5, 5.41) is 21.5. The van der Waals surface area contributed by atoms with E-state index in [2.05, 4.69) is 45.1 Å². The van der Waals surface area contributed by atoms with E-state index in [9.17, 15) is 10.2 Å². The number of aromatic nitrogens is 3. The molecule has 1 heterocycles. The fourth-order valence-electron chi connectivity index (χ4n) is 5.70. The highest BCUT2D eigenvalue weighted by Gasteiger charge is 2.18. The Balaban J connectivity index is 1.33. The summed E-state index contributed by atoms with van der Waals surface area (Å²) in [6.45, 7) is 11.3. The summed E-state index contributed by atoms with van der Waals surface area (Å²) in [5.74, 6) is 1.86. The molecule has 0 saturated heterocycles. The molecule has 0 fully saturated rings. The van der Waals surface area contributed by atoms with Crippen molar-refractivity contribution in [3.63, 3.8) is 0 Å². The lowest BCUT2D eigenvalue weighted by molar-refractivity contribution is 0.0116. The Morgan fingerprint density at radius 1 is 0.646 bits per heavy atom. The molecule has 48 heavy (non-hydrogen) atoms. The van der Waals surface area contributed by atoms with Crippen molar-refractivity contribution in [3.05, 3.63) is 89.0 Å². The van der Waals surface area contributed by atoms with E-state index < -0.39 is 6.10 Å². The first kappa shape index (κ1) is 36.8. The van der Waals surface area contributed by atoms with E-state index in [-0.39, 0.29) is 19.0 Å². The molecular formula is C41H53N3O4. The Morgan fingerprint density at radius 2 is 1.19 bits per heavy atom. The van der Waals surface area contributed by atoms with Crippen LogP contribution in [0.15, 0.2) is 66.7 Å². The second kappa shape index (κ2) is 19.1. The number of aliphatic hydroxyl groups is 1. The molecule has 0 amide bonds. The van der Waals surface area contributed by atoms with Gasteiger partial charge >= 0.3 is 0 Å². The van der Waals surface area contributed by atoms with E-state index >= 15 is 0 Å². The maximum absolute atomic E-state index is 11.1. The SMILES string of the molecule is CCCCCCCC/C=C/CCCOCC(O)COc1ccc(-c2nc(-c3ccc(C)cc3C)nc(-c3ccc(C)cc3C)n2)c(O)c1. The number of aryl methyl sites for hydroxylation is 4. The zero-order valence-corrected chi connectivity index (χ0v) is 29.5. The van der Waals surface area contributed by atoms with Crippen molar-refractivity contribution in [1.82, 2.24) is 15.0 Å². The number of aromatic hydroxyl groups is 1. The molecule has 7 heteroatoms. The second-order valence-corrected chi connectivity index (χ2v) is 12.8. The molecule has 3 aromatic carbocycles. The number of hydrogen-bond donors (Lipinski definition) is 2. The van der Waals surface area contributed by atoms with Gasteiger partial charge in [-0.3, -0.25) is 0 Å². The van der Waals surface area contributed by atoms with Crippen LogP contribution < -0.4 is 4.74 Å². The minimum absolute atomic E-state index is 0.0212. The molecule has 0 radical (unpaired) electrons. The van der Waals surface area contributed by atoms with Crippen molar-refractivity contribution < 1.29 is 19.7 Å². The number of aliphatic hydroxyl groups excluding tert-OH is 1. The molecular weight excluding hydrogens is 598 g/mol. The topological polar surface area (TPSA) is 97.6 Å². The maximum atomic E-state index is 11.1. The van der Waals surface area contributed by atoms with Crippen LogP contribution >= 0.6 is 0 Å². The first-order valence-corrected chi connectivity index (χ1v) is 17.5. The first-order valence-electron chi connectivity index (χ1n) is 17.5. The molecule has 0 bridgehead atoms. The summed E-state index contributed by atoms with van der Waals surface area (Å²) in [6, 6.07) is 17.4. The van der Waals surface area contributed by atoms with E-state index in [4.69, 9.17) is 24.4 Å². The number of phenolic OH excluding ortho intramolecular Hbond substituents is 1. The highest BCUT2D eigenvalue weighted by Crippen LogP contribution is 2.34. The Bertz CT molecular complexity index is 1560. The van der Waals surface area contributed by atoms with Gasteiger partial charge in [0.1, 0.15) is 24.2 Å². The summed E-state index contributed by atoms with van der Waals surface area (Å²) in [4.78, 5) is 14.5. The third-order valence-corrected chi connectivity index (χ3v) is 8.39. The number of ether oxygens (including phenoxy) is 2. The average Bonchev–Trinajstić information content (AvgIpc) is 3.05. The highest BCUT2D eigenvalue weighted by atomic mass is 16.5. The standard InChI is InChI=1S/C41H53N3O4/c1-6-7-8-9-10-11-12-13-14-15-16-23-47-27-33(45)28-48-34-19-22-37(38(46)26-34)41-43-39(35-20-17-29(2)24-31(35)4)42-40(44-41)36-21-18-30(3)25-32(36)5/h13-14,17-22,24-26,33,45-46H,6-12,15-16,23,27-28H2,1-5H3/b14-13+. The van der Waals surface area contributed by atoms with Crippen LogP contribution in [-0.2, 0) is 4.74 Å². The fourth-order valence-corrected chi connectivity index (χ4v) is 5.70. The monoisotopic (exact) mass is 651 g/mol. The predicted molar refractivity (Wildman–Crippen MR) is 195 cm³/mol. The first-order chi connectivity index (χ1) is 23.2. The molecule has 4 aromatic rings. The molecule has 0 aliphatic heterocycles. The minimum Gasteiger partial charge on any atom is -0.507 e. The van der Waals surface area contributed by atoms with Gasteiger partial charge in [-0.15, -0.1) is 0 Å². The third kappa shape index (κ3) is 11.3. The van der Waals surface area contributed by atoms with Gasteiger partial charge in [0.25, 0.3) is 0 Å². The van der Waals surface area contributed by atoms with Gasteiger partial charge in [0.05, 0.1) is 12.2 Å². The van der Waals surface area contributed by atoms with E-state index in [0.717, 1.165) is 52.6 Å². The van der Waals surface area contributed by atoms with Crippen LogP contribution in [0.25, 0.3) is 34.2 Å². The average molecular weight is 652 g/mol. The maximum Gasteiger partial charge on any atom is 0.167 e. The van der Waals surface area contributed by atoms with Gasteiger partial charge in [-0.2, -0.15) is 0 Å². The van der Waals surface area contributed by atoms with E-state index in [0.29, 0.717) is 35.4 Å². The quantitative estimate of drug-likeness (QED) is 0.0770. The molecule has 1 atom stereocenters. The number of nitrogens with zero attached hydrogens (tertiary/aromatic N) is 3. The van der Waals surface area contributed by atoms with E-state index in [1.807, 2.05) is 38.1 Å². The number of unbranched alkanes of at least 4 members (excludes halogenated alkanes) is 7. The molecule has 0 aliphatic carbocycles. The number of phenols is 1. The molecule has 256 valence electrons. The van der Waals surface area contributed by atoms with E-state index in [1.54, 1.807) is 12.1 Å². The van der Waals surface area contributed by atoms with Gasteiger partial charge < -0.3 is 19.7 Å². The summed E-state index contributed by atoms with van der Waals surface area (Å²) < 4.78 is 11.4. The van der Waals surface area contributed by atoms with Crippen LogP contribution in [0.2, 0.25) is 0 Å². The summed E-state index contributed by atoms with van der Waals surface area (Å²) >= 11 is 0. The van der Waals surface area contributed by atoms with Crippen LogP contribution in [0.5, 0.6) is 11.5 Å². The molecule has 2 N–H and O–H groups in total. The molecule has 0 spiro atoms. The zero-order valence-electron chi connectivity index (χ0n) is 29.5. The van der Waals surface area contributed by atoms with Gasteiger partial charge in [0.15, 0.2) is 17.5 Å². The van der Waals surface area contributed by atoms with Crippen LogP contribution in [-0.4, -0.2) is 51.1 Å². The number of allylic oxidation sites excluding steroid dienone is 2. The smallest absolute Gasteiger partial charge is 0.167 e.